The van der Waals surface area contributed by atoms with Gasteiger partial charge in [-0.2, -0.15) is 5.26 Å². The lowest BCUT2D eigenvalue weighted by Crippen LogP contribution is -2.13. The Bertz CT molecular complexity index is 1630. The molecule has 35 heavy (non-hydrogen) atoms. The van der Waals surface area contributed by atoms with Crippen molar-refractivity contribution >= 4 is 48.4 Å². The van der Waals surface area contributed by atoms with Crippen molar-refractivity contribution in [3.63, 3.8) is 0 Å². The first-order valence-corrected chi connectivity index (χ1v) is 11.3. The van der Waals surface area contributed by atoms with E-state index >= 15 is 0 Å². The lowest BCUT2D eigenvalue weighted by atomic mass is 9.82. The van der Waals surface area contributed by atoms with Crippen molar-refractivity contribution < 1.29 is 10.2 Å². The summed E-state index contributed by atoms with van der Waals surface area (Å²) in [4.78, 5) is 0. The summed E-state index contributed by atoms with van der Waals surface area (Å²) in [5.74, 6) is 0.126. The average Bonchev–Trinajstić information content (AvgIpc) is 3.25. The van der Waals surface area contributed by atoms with Crippen molar-refractivity contribution in [2.75, 3.05) is 0 Å². The Morgan fingerprint density at radius 2 is 1.20 bits per heavy atom. The minimum atomic E-state index is 0.0371. The predicted octanol–water partition coefficient (Wildman–Crippen LogP) is 4.55. The molecule has 0 saturated heterocycles. The minimum Gasteiger partial charge on any atom is -0.508 e. The van der Waals surface area contributed by atoms with E-state index in [1.807, 2.05) is 61.7 Å². The first-order valence-electron chi connectivity index (χ1n) is 11.3. The highest BCUT2D eigenvalue weighted by Crippen LogP contribution is 2.42. The summed E-state index contributed by atoms with van der Waals surface area (Å²) in [5, 5.41) is 32.8. The Morgan fingerprint density at radius 3 is 1.77 bits per heavy atom. The molecule has 1 aromatic heterocycles. The first kappa shape index (κ1) is 22.7. The zero-order valence-corrected chi connectivity index (χ0v) is 20.1. The van der Waals surface area contributed by atoms with E-state index in [1.54, 1.807) is 19.1 Å². The third-order valence-corrected chi connectivity index (χ3v) is 7.21. The van der Waals surface area contributed by atoms with Crippen LogP contribution in [-0.2, 0) is 0 Å². The van der Waals surface area contributed by atoms with E-state index in [0.717, 1.165) is 38.7 Å². The van der Waals surface area contributed by atoms with Crippen LogP contribution in [-0.4, -0.2) is 30.5 Å². The molecule has 6 heteroatoms. The summed E-state index contributed by atoms with van der Waals surface area (Å²) in [7, 11) is 12.9. The molecule has 0 bridgehead atoms. The molecule has 4 aromatic carbocycles. The van der Waals surface area contributed by atoms with Crippen LogP contribution in [0.4, 0.5) is 0 Å². The van der Waals surface area contributed by atoms with Gasteiger partial charge in [0, 0.05) is 16.5 Å². The second-order valence-electron chi connectivity index (χ2n) is 9.04. The maximum Gasteiger partial charge on any atom is 0.142 e. The summed E-state index contributed by atoms with van der Waals surface area (Å²) in [6.45, 7) is 7.52. The van der Waals surface area contributed by atoms with Crippen molar-refractivity contribution in [1.82, 2.24) is 4.57 Å². The van der Waals surface area contributed by atoms with Crippen LogP contribution in [0.3, 0.4) is 0 Å². The van der Waals surface area contributed by atoms with E-state index in [1.165, 1.54) is 0 Å². The summed E-state index contributed by atoms with van der Waals surface area (Å²) < 4.78 is 1.91. The number of phenolic OH excluding ortho intramolecular Hbond substituents is 2. The Hall–Kier alpha value is -4.10. The summed E-state index contributed by atoms with van der Waals surface area (Å²) in [6, 6.07) is 17.4. The van der Waals surface area contributed by atoms with Crippen LogP contribution in [0.5, 0.6) is 11.5 Å². The van der Waals surface area contributed by atoms with Gasteiger partial charge in [-0.1, -0.05) is 29.7 Å². The molecule has 0 aliphatic rings. The van der Waals surface area contributed by atoms with Gasteiger partial charge < -0.3 is 14.8 Å². The van der Waals surface area contributed by atoms with Gasteiger partial charge in [0.2, 0.25) is 0 Å². The van der Waals surface area contributed by atoms with Gasteiger partial charge in [-0.25, -0.2) is 0 Å². The van der Waals surface area contributed by atoms with Crippen molar-refractivity contribution in [3.05, 3.63) is 76.3 Å². The summed E-state index contributed by atoms with van der Waals surface area (Å²) in [5.41, 5.74) is 8.45. The molecule has 0 aliphatic carbocycles. The van der Waals surface area contributed by atoms with Crippen LogP contribution in [0.1, 0.15) is 27.8 Å². The number of aromatic hydroxyl groups is 2. The third kappa shape index (κ3) is 3.15. The van der Waals surface area contributed by atoms with Gasteiger partial charge in [0.1, 0.15) is 27.2 Å². The van der Waals surface area contributed by atoms with E-state index in [4.69, 9.17) is 21.0 Å². The van der Waals surface area contributed by atoms with Gasteiger partial charge in [-0.3, -0.25) is 0 Å². The highest BCUT2D eigenvalue weighted by Gasteiger charge is 2.25. The number of aryl methyl sites for hydroxylation is 2. The molecule has 5 aromatic rings. The number of fused-ring (bicyclic) bond motifs is 3. The van der Waals surface area contributed by atoms with Gasteiger partial charge >= 0.3 is 0 Å². The fourth-order valence-corrected chi connectivity index (χ4v) is 4.98. The van der Waals surface area contributed by atoms with Crippen molar-refractivity contribution in [2.24, 2.45) is 0 Å². The third-order valence-electron chi connectivity index (χ3n) is 7.21. The Labute approximate surface area is 206 Å². The molecule has 0 spiro atoms. The van der Waals surface area contributed by atoms with E-state index in [-0.39, 0.29) is 17.0 Å². The number of hydrogen-bond acceptors (Lipinski definition) is 3. The fourth-order valence-electron chi connectivity index (χ4n) is 4.98. The van der Waals surface area contributed by atoms with Gasteiger partial charge in [-0.15, -0.1) is 0 Å². The van der Waals surface area contributed by atoms with Crippen LogP contribution in [0.2, 0.25) is 0 Å². The number of aromatic nitrogens is 1. The Kier molecular flexibility index (Phi) is 5.18. The zero-order valence-electron chi connectivity index (χ0n) is 20.1. The van der Waals surface area contributed by atoms with Crippen molar-refractivity contribution in [2.45, 2.75) is 27.7 Å². The normalized spacial score (nSPS) is 11.3. The fraction of sp³-hybridized carbons (Fsp3) is 0.138. The minimum absolute atomic E-state index is 0.0371. The largest absolute Gasteiger partial charge is 0.508 e. The highest BCUT2D eigenvalue weighted by atomic mass is 16.3. The van der Waals surface area contributed by atoms with Crippen LogP contribution >= 0.6 is 0 Å². The maximum absolute atomic E-state index is 11.3. The summed E-state index contributed by atoms with van der Waals surface area (Å²) in [6.07, 6.45) is 0. The molecule has 5 rings (SSSR count). The van der Waals surface area contributed by atoms with E-state index in [2.05, 4.69) is 6.07 Å². The smallest absolute Gasteiger partial charge is 0.142 e. The Balaban J connectivity index is 1.87. The second kappa shape index (κ2) is 7.99. The molecule has 0 aliphatic heterocycles. The highest BCUT2D eigenvalue weighted by molar-refractivity contribution is 6.43. The second-order valence-corrected chi connectivity index (χ2v) is 9.04. The van der Waals surface area contributed by atoms with Gasteiger partial charge in [-0.05, 0) is 90.8 Å². The molecule has 4 nitrogen and oxygen atoms in total. The quantitative estimate of drug-likeness (QED) is 0.386. The monoisotopic (exact) mass is 452 g/mol. The van der Waals surface area contributed by atoms with Crippen molar-refractivity contribution in [1.29, 1.82) is 5.26 Å². The molecule has 2 N–H and O–H groups in total. The van der Waals surface area contributed by atoms with Gasteiger partial charge in [0.05, 0.1) is 22.7 Å². The molecule has 0 atom stereocenters. The lowest BCUT2D eigenvalue weighted by Gasteiger charge is -2.15. The zero-order chi connectivity index (χ0) is 25.2. The molecule has 0 amide bonds. The number of rotatable bonds is 2. The van der Waals surface area contributed by atoms with Crippen LogP contribution in [0.25, 0.3) is 38.6 Å². The van der Waals surface area contributed by atoms with E-state index < -0.39 is 0 Å². The molecule has 0 unspecified atom stereocenters. The van der Waals surface area contributed by atoms with E-state index in [0.29, 0.717) is 33.2 Å². The van der Waals surface area contributed by atoms with Crippen LogP contribution in [0, 0.1) is 39.0 Å². The molecular weight excluding hydrogens is 430 g/mol. The van der Waals surface area contributed by atoms with E-state index in [9.17, 15) is 10.2 Å². The lowest BCUT2D eigenvalue weighted by molar-refractivity contribution is 0.474. The number of phenols is 2. The summed E-state index contributed by atoms with van der Waals surface area (Å²) >= 11 is 0. The van der Waals surface area contributed by atoms with Crippen LogP contribution < -0.4 is 10.9 Å². The Morgan fingerprint density at radius 1 is 0.657 bits per heavy atom. The SMILES string of the molecule is [B]c1c(C)c(O)c2c(c1C)c1c(C)c(C)c(O)c([B])c1n2-c1ccc(-c2ccc(C#N)cc2)cc1. The molecule has 1 heterocycles. The molecule has 0 saturated carbocycles. The average molecular weight is 452 g/mol. The van der Waals surface area contributed by atoms with Crippen molar-refractivity contribution in [3.8, 4) is 34.4 Å². The van der Waals surface area contributed by atoms with Crippen LogP contribution in [0.15, 0.2) is 48.5 Å². The first-order chi connectivity index (χ1) is 16.7. The van der Waals surface area contributed by atoms with Gasteiger partial charge in [0.25, 0.3) is 0 Å². The maximum atomic E-state index is 11.3. The predicted molar refractivity (Wildman–Crippen MR) is 144 cm³/mol. The topological polar surface area (TPSA) is 69.2 Å². The standard InChI is InChI=1S/C29H22B2N2O2/c1-14-15(2)28(34)25(31)26-22(14)23-16(3)24(30)17(4)29(35)27(23)33(26)21-11-9-20(10-12-21)19-7-5-18(13-32)6-8-19/h5-12,34-35H,1-4H3. The van der Waals surface area contributed by atoms with Gasteiger partial charge in [0.15, 0.2) is 0 Å². The number of hydrogen-bond donors (Lipinski definition) is 2. The molecule has 0 fully saturated rings. The number of nitrogens with zero attached hydrogens (tertiary/aromatic N) is 2. The molecule has 166 valence electrons. The molecular formula is C29H22B2N2O2. The molecule has 4 radical (unpaired) electrons. The number of benzene rings is 4. The number of nitriles is 1.